The minimum Gasteiger partial charge on any atom is -0.312 e. The number of rotatable bonds is 4. The average Bonchev–Trinajstić information content (AvgIpc) is 2.50. The third kappa shape index (κ3) is 3.29. The van der Waals surface area contributed by atoms with Crippen LogP contribution in [0.3, 0.4) is 0 Å². The van der Waals surface area contributed by atoms with Crippen LogP contribution in [0.25, 0.3) is 11.0 Å². The van der Waals surface area contributed by atoms with Gasteiger partial charge in [-0.1, -0.05) is 19.3 Å². The van der Waals surface area contributed by atoms with Crippen molar-refractivity contribution in [2.75, 3.05) is 6.54 Å². The maximum absolute atomic E-state index is 13.4. The molecule has 0 aromatic carbocycles. The SMILES string of the molecule is O=c1ccc2ncc(F)cc2n1CCNC1CCCCC1. The standard InChI is InChI=1S/C16H20FN3O/c17-12-10-15-14(19-11-12)6-7-16(21)20(15)9-8-18-13-4-2-1-3-5-13/h6-7,10-11,13,18H,1-5,8-9H2. The molecule has 1 saturated carbocycles. The summed E-state index contributed by atoms with van der Waals surface area (Å²) in [5, 5.41) is 3.50. The van der Waals surface area contributed by atoms with Crippen molar-refractivity contribution in [1.82, 2.24) is 14.9 Å². The van der Waals surface area contributed by atoms with E-state index in [9.17, 15) is 9.18 Å². The fourth-order valence-electron chi connectivity index (χ4n) is 3.06. The number of hydrogen-bond donors (Lipinski definition) is 1. The predicted octanol–water partition coefficient (Wildman–Crippen LogP) is 2.46. The van der Waals surface area contributed by atoms with Crippen LogP contribution in [0.5, 0.6) is 0 Å². The first-order chi connectivity index (χ1) is 10.2. The quantitative estimate of drug-likeness (QED) is 0.940. The Morgan fingerprint density at radius 3 is 2.90 bits per heavy atom. The second-order valence-corrected chi connectivity index (χ2v) is 5.67. The van der Waals surface area contributed by atoms with Crippen LogP contribution in [0.2, 0.25) is 0 Å². The van der Waals surface area contributed by atoms with Gasteiger partial charge in [-0.2, -0.15) is 0 Å². The van der Waals surface area contributed by atoms with Crippen LogP contribution in [0.1, 0.15) is 32.1 Å². The van der Waals surface area contributed by atoms with Crippen molar-refractivity contribution in [3.8, 4) is 0 Å². The lowest BCUT2D eigenvalue weighted by atomic mass is 9.95. The molecule has 0 spiro atoms. The lowest BCUT2D eigenvalue weighted by Crippen LogP contribution is -2.35. The molecule has 0 aliphatic heterocycles. The number of nitrogens with one attached hydrogen (secondary N) is 1. The summed E-state index contributed by atoms with van der Waals surface area (Å²) in [5.41, 5.74) is 1.10. The van der Waals surface area contributed by atoms with E-state index in [2.05, 4.69) is 10.3 Å². The summed E-state index contributed by atoms with van der Waals surface area (Å²) in [4.78, 5) is 16.0. The molecule has 1 N–H and O–H groups in total. The van der Waals surface area contributed by atoms with E-state index in [1.165, 1.54) is 50.4 Å². The van der Waals surface area contributed by atoms with Crippen molar-refractivity contribution < 1.29 is 4.39 Å². The maximum Gasteiger partial charge on any atom is 0.251 e. The van der Waals surface area contributed by atoms with Crippen LogP contribution >= 0.6 is 0 Å². The Morgan fingerprint density at radius 1 is 1.29 bits per heavy atom. The average molecular weight is 289 g/mol. The lowest BCUT2D eigenvalue weighted by molar-refractivity contribution is 0.368. The summed E-state index contributed by atoms with van der Waals surface area (Å²) < 4.78 is 15.0. The zero-order valence-corrected chi connectivity index (χ0v) is 12.0. The minimum atomic E-state index is -0.415. The van der Waals surface area contributed by atoms with E-state index in [1.807, 2.05) is 0 Å². The van der Waals surface area contributed by atoms with E-state index in [4.69, 9.17) is 0 Å². The van der Waals surface area contributed by atoms with E-state index in [1.54, 1.807) is 10.6 Å². The van der Waals surface area contributed by atoms with E-state index in [0.717, 1.165) is 6.54 Å². The Balaban J connectivity index is 1.74. The summed E-state index contributed by atoms with van der Waals surface area (Å²) in [6.07, 6.45) is 7.48. The second kappa shape index (κ2) is 6.35. The first-order valence-corrected chi connectivity index (χ1v) is 7.62. The van der Waals surface area contributed by atoms with Gasteiger partial charge in [0.2, 0.25) is 0 Å². The highest BCUT2D eigenvalue weighted by molar-refractivity contribution is 5.74. The van der Waals surface area contributed by atoms with Gasteiger partial charge in [-0.25, -0.2) is 4.39 Å². The first kappa shape index (κ1) is 14.2. The largest absolute Gasteiger partial charge is 0.312 e. The van der Waals surface area contributed by atoms with E-state index in [0.29, 0.717) is 23.6 Å². The molecule has 2 heterocycles. The molecule has 0 radical (unpaired) electrons. The number of aromatic nitrogens is 2. The van der Waals surface area contributed by atoms with Crippen LogP contribution in [0.4, 0.5) is 4.39 Å². The van der Waals surface area contributed by atoms with Gasteiger partial charge in [0.25, 0.3) is 5.56 Å². The molecule has 0 bridgehead atoms. The molecule has 5 heteroatoms. The van der Waals surface area contributed by atoms with Gasteiger partial charge in [-0.05, 0) is 18.9 Å². The molecular formula is C16H20FN3O. The number of fused-ring (bicyclic) bond motifs is 1. The molecule has 4 nitrogen and oxygen atoms in total. The molecule has 1 fully saturated rings. The molecule has 0 saturated heterocycles. The van der Waals surface area contributed by atoms with E-state index >= 15 is 0 Å². The van der Waals surface area contributed by atoms with Gasteiger partial charge < -0.3 is 9.88 Å². The Labute approximate surface area is 123 Å². The van der Waals surface area contributed by atoms with Crippen molar-refractivity contribution in [1.29, 1.82) is 0 Å². The fourth-order valence-corrected chi connectivity index (χ4v) is 3.06. The third-order valence-electron chi connectivity index (χ3n) is 4.18. The monoisotopic (exact) mass is 289 g/mol. The maximum atomic E-state index is 13.4. The van der Waals surface area contributed by atoms with E-state index < -0.39 is 5.82 Å². The molecule has 21 heavy (non-hydrogen) atoms. The lowest BCUT2D eigenvalue weighted by Gasteiger charge is -2.23. The third-order valence-corrected chi connectivity index (χ3v) is 4.18. The zero-order valence-electron chi connectivity index (χ0n) is 12.0. The zero-order chi connectivity index (χ0) is 14.7. The van der Waals surface area contributed by atoms with Crippen molar-refractivity contribution in [3.05, 3.63) is 40.6 Å². The van der Waals surface area contributed by atoms with Crippen LogP contribution in [0.15, 0.2) is 29.2 Å². The second-order valence-electron chi connectivity index (χ2n) is 5.67. The molecule has 1 aliphatic carbocycles. The molecule has 2 aromatic rings. The van der Waals surface area contributed by atoms with Crippen molar-refractivity contribution in [3.63, 3.8) is 0 Å². The highest BCUT2D eigenvalue weighted by Crippen LogP contribution is 2.17. The number of nitrogens with zero attached hydrogens (tertiary/aromatic N) is 2. The van der Waals surface area contributed by atoms with Crippen LogP contribution in [0, 0.1) is 5.82 Å². The van der Waals surface area contributed by atoms with Crippen molar-refractivity contribution in [2.45, 2.75) is 44.7 Å². The summed E-state index contributed by atoms with van der Waals surface area (Å²) in [6, 6.07) is 5.07. The fraction of sp³-hybridized carbons (Fsp3) is 0.500. The number of hydrogen-bond acceptors (Lipinski definition) is 3. The molecule has 0 amide bonds. The molecule has 0 atom stereocenters. The molecule has 112 valence electrons. The summed E-state index contributed by atoms with van der Waals surface area (Å²) in [6.45, 7) is 1.26. The molecule has 1 aliphatic rings. The molecular weight excluding hydrogens is 269 g/mol. The van der Waals surface area contributed by atoms with Gasteiger partial charge in [0.15, 0.2) is 0 Å². The van der Waals surface area contributed by atoms with Crippen LogP contribution in [-0.2, 0) is 6.54 Å². The highest BCUT2D eigenvalue weighted by atomic mass is 19.1. The molecule has 0 unspecified atom stereocenters. The van der Waals surface area contributed by atoms with Gasteiger partial charge in [-0.3, -0.25) is 9.78 Å². The van der Waals surface area contributed by atoms with Crippen molar-refractivity contribution in [2.24, 2.45) is 0 Å². The number of pyridine rings is 2. The predicted molar refractivity (Wildman–Crippen MR) is 80.8 cm³/mol. The van der Waals surface area contributed by atoms with Crippen LogP contribution in [-0.4, -0.2) is 22.1 Å². The Bertz CT molecular complexity index is 677. The molecule has 2 aromatic heterocycles. The van der Waals surface area contributed by atoms with E-state index in [-0.39, 0.29) is 5.56 Å². The Kier molecular flexibility index (Phi) is 4.29. The molecule has 3 rings (SSSR count). The summed E-state index contributed by atoms with van der Waals surface area (Å²) in [7, 11) is 0. The van der Waals surface area contributed by atoms with Gasteiger partial charge in [0.1, 0.15) is 5.82 Å². The van der Waals surface area contributed by atoms with Gasteiger partial charge in [0, 0.05) is 31.3 Å². The van der Waals surface area contributed by atoms with Crippen LogP contribution < -0.4 is 10.9 Å². The first-order valence-electron chi connectivity index (χ1n) is 7.62. The highest BCUT2D eigenvalue weighted by Gasteiger charge is 2.12. The van der Waals surface area contributed by atoms with Crippen molar-refractivity contribution >= 4 is 11.0 Å². The topological polar surface area (TPSA) is 46.9 Å². The number of halogens is 1. The minimum absolute atomic E-state index is 0.111. The normalized spacial score (nSPS) is 16.4. The van der Waals surface area contributed by atoms with Gasteiger partial charge in [0.05, 0.1) is 17.2 Å². The van der Waals surface area contributed by atoms with Gasteiger partial charge >= 0.3 is 0 Å². The smallest absolute Gasteiger partial charge is 0.251 e. The Morgan fingerprint density at radius 2 is 2.10 bits per heavy atom. The Hall–Kier alpha value is -1.75. The summed E-state index contributed by atoms with van der Waals surface area (Å²) in [5.74, 6) is -0.415. The van der Waals surface area contributed by atoms with Gasteiger partial charge in [-0.15, -0.1) is 0 Å². The summed E-state index contributed by atoms with van der Waals surface area (Å²) >= 11 is 0.